The first-order chi connectivity index (χ1) is 23.7. The summed E-state index contributed by atoms with van der Waals surface area (Å²) in [5.74, 6) is -2.67. The molecule has 2 atom stereocenters. The molecule has 3 rings (SSSR count). The van der Waals surface area contributed by atoms with Gasteiger partial charge >= 0.3 is 11.9 Å². The zero-order chi connectivity index (χ0) is 35.5. The number of carbonyl (C=O) groups is 5. The van der Waals surface area contributed by atoms with Crippen LogP contribution in [0.15, 0.2) is 91.0 Å². The van der Waals surface area contributed by atoms with E-state index in [0.29, 0.717) is 6.42 Å². The van der Waals surface area contributed by atoms with Crippen LogP contribution in [0.3, 0.4) is 0 Å². The van der Waals surface area contributed by atoms with Crippen molar-refractivity contribution in [2.24, 2.45) is 0 Å². The summed E-state index contributed by atoms with van der Waals surface area (Å²) in [6.45, 7) is 3.27. The second-order valence-corrected chi connectivity index (χ2v) is 15.2. The molecule has 49 heavy (non-hydrogen) atoms. The molecule has 0 unspecified atom stereocenters. The molecule has 3 aromatic rings. The maximum absolute atomic E-state index is 13.1. The van der Waals surface area contributed by atoms with Crippen LogP contribution in [0.25, 0.3) is 0 Å². The Balaban J connectivity index is 1.62. The minimum atomic E-state index is -2.03. The van der Waals surface area contributed by atoms with Crippen LogP contribution in [0.2, 0.25) is 0 Å². The third-order valence-electron chi connectivity index (χ3n) is 7.85. The molecule has 0 saturated carbocycles. The topological polar surface area (TPSA) is 140 Å². The standard InChI is InChI=1S/C37H46N3O7PS/c1-3-46-35(43)26-38-36(44)32(27-49)40-34(42)24-23-31(37(45)47-4-2)39-33(41)22-14-15-25-48(28-16-8-5-9-17-28,29-18-10-6-11-19-29)30-20-12-7-13-21-30/h5-13,16-21,31-32H,3-4,14-15,22-27H2,1-2H3,(H3-,38,39,40,41,42,44,49)/p+1/t31-,32-/m1/s1. The predicted molar refractivity (Wildman–Crippen MR) is 197 cm³/mol. The highest BCUT2D eigenvalue weighted by Crippen LogP contribution is 2.55. The number of ether oxygens (including phenoxy) is 2. The average molecular weight is 709 g/mol. The highest BCUT2D eigenvalue weighted by molar-refractivity contribution is 7.95. The first-order valence-electron chi connectivity index (χ1n) is 16.6. The van der Waals surface area contributed by atoms with Gasteiger partial charge in [-0.15, -0.1) is 0 Å². The van der Waals surface area contributed by atoms with E-state index in [2.05, 4.69) is 101 Å². The van der Waals surface area contributed by atoms with Crippen molar-refractivity contribution >= 4 is 65.5 Å². The lowest BCUT2D eigenvalue weighted by Crippen LogP contribution is -2.49. The molecule has 0 fully saturated rings. The van der Waals surface area contributed by atoms with Gasteiger partial charge in [-0.2, -0.15) is 12.6 Å². The molecule has 0 radical (unpaired) electrons. The van der Waals surface area contributed by atoms with Crippen molar-refractivity contribution in [2.75, 3.05) is 31.7 Å². The van der Waals surface area contributed by atoms with Crippen LogP contribution < -0.4 is 31.9 Å². The Morgan fingerprint density at radius 1 is 0.673 bits per heavy atom. The summed E-state index contributed by atoms with van der Waals surface area (Å²) in [5, 5.41) is 11.5. The minimum Gasteiger partial charge on any atom is -0.465 e. The highest BCUT2D eigenvalue weighted by atomic mass is 32.1. The molecule has 0 bridgehead atoms. The number of hydrogen-bond acceptors (Lipinski definition) is 8. The van der Waals surface area contributed by atoms with Gasteiger partial charge in [0.05, 0.1) is 19.4 Å². The molecule has 0 spiro atoms. The van der Waals surface area contributed by atoms with Gasteiger partial charge in [0.1, 0.15) is 41.8 Å². The Bertz CT molecular complexity index is 1400. The first-order valence-corrected chi connectivity index (χ1v) is 19.2. The molecule has 3 aromatic carbocycles. The summed E-state index contributed by atoms with van der Waals surface area (Å²) in [4.78, 5) is 62.5. The summed E-state index contributed by atoms with van der Waals surface area (Å²) in [6, 6.07) is 29.6. The molecule has 0 aromatic heterocycles. The quantitative estimate of drug-likeness (QED) is 0.0613. The van der Waals surface area contributed by atoms with Crippen LogP contribution in [0.4, 0.5) is 0 Å². The van der Waals surface area contributed by atoms with Gasteiger partial charge in [0.25, 0.3) is 0 Å². The normalized spacial score (nSPS) is 12.2. The van der Waals surface area contributed by atoms with E-state index in [-0.39, 0.29) is 50.7 Å². The first kappa shape index (κ1) is 39.2. The number of carbonyl (C=O) groups excluding carboxylic acids is 5. The summed E-state index contributed by atoms with van der Waals surface area (Å²) in [7, 11) is -2.03. The van der Waals surface area contributed by atoms with Crippen molar-refractivity contribution in [2.45, 2.75) is 58.0 Å². The van der Waals surface area contributed by atoms with Crippen molar-refractivity contribution in [1.82, 2.24) is 16.0 Å². The van der Waals surface area contributed by atoms with Crippen molar-refractivity contribution in [3.8, 4) is 0 Å². The van der Waals surface area contributed by atoms with E-state index >= 15 is 0 Å². The summed E-state index contributed by atoms with van der Waals surface area (Å²) in [5.41, 5.74) is 0. The Kier molecular flexibility index (Phi) is 16.8. The van der Waals surface area contributed by atoms with Crippen LogP contribution in [-0.4, -0.2) is 73.4 Å². The molecule has 262 valence electrons. The third-order valence-corrected chi connectivity index (χ3v) is 12.7. The van der Waals surface area contributed by atoms with E-state index in [0.717, 1.165) is 12.6 Å². The van der Waals surface area contributed by atoms with E-state index in [1.54, 1.807) is 13.8 Å². The molecule has 0 saturated heterocycles. The molecule has 0 heterocycles. The zero-order valence-corrected chi connectivity index (χ0v) is 29.9. The lowest BCUT2D eigenvalue weighted by molar-refractivity contribution is -0.147. The van der Waals surface area contributed by atoms with Gasteiger partial charge in [0.2, 0.25) is 17.7 Å². The van der Waals surface area contributed by atoms with Gasteiger partial charge in [-0.3, -0.25) is 19.2 Å². The monoisotopic (exact) mass is 708 g/mol. The molecule has 0 aliphatic carbocycles. The fraction of sp³-hybridized carbons (Fsp3) is 0.378. The van der Waals surface area contributed by atoms with Gasteiger partial charge in [0.15, 0.2) is 0 Å². The van der Waals surface area contributed by atoms with Crippen molar-refractivity contribution in [3.05, 3.63) is 91.0 Å². The smallest absolute Gasteiger partial charge is 0.328 e. The van der Waals surface area contributed by atoms with Crippen LogP contribution >= 0.6 is 19.9 Å². The highest BCUT2D eigenvalue weighted by Gasteiger charge is 2.44. The number of benzene rings is 3. The summed E-state index contributed by atoms with van der Waals surface area (Å²) in [6.07, 6.45) is 2.25. The lowest BCUT2D eigenvalue weighted by atomic mass is 10.1. The van der Waals surface area contributed by atoms with Crippen LogP contribution in [-0.2, 0) is 33.4 Å². The maximum atomic E-state index is 13.1. The molecule has 3 amide bonds. The van der Waals surface area contributed by atoms with Gasteiger partial charge in [-0.1, -0.05) is 54.6 Å². The van der Waals surface area contributed by atoms with Crippen molar-refractivity contribution < 1.29 is 33.4 Å². The van der Waals surface area contributed by atoms with Crippen molar-refractivity contribution in [3.63, 3.8) is 0 Å². The molecule has 0 aliphatic rings. The number of nitrogens with one attached hydrogen (secondary N) is 3. The molecular formula is C37H47N3O7PS+. The second-order valence-electron chi connectivity index (χ2n) is 11.2. The van der Waals surface area contributed by atoms with Crippen molar-refractivity contribution in [1.29, 1.82) is 0 Å². The lowest BCUT2D eigenvalue weighted by Gasteiger charge is -2.27. The number of hydrogen-bond donors (Lipinski definition) is 4. The number of amides is 3. The van der Waals surface area contributed by atoms with E-state index in [1.807, 2.05) is 18.2 Å². The average Bonchev–Trinajstić information content (AvgIpc) is 3.12. The largest absolute Gasteiger partial charge is 0.465 e. The molecule has 0 aliphatic heterocycles. The number of unbranched alkanes of at least 4 members (excludes halogenated alkanes) is 1. The Hall–Kier alpha value is -4.21. The van der Waals surface area contributed by atoms with E-state index < -0.39 is 43.1 Å². The summed E-state index contributed by atoms with van der Waals surface area (Å²) < 4.78 is 9.96. The minimum absolute atomic E-state index is 0.0131. The fourth-order valence-electron chi connectivity index (χ4n) is 5.51. The number of rotatable bonds is 20. The Morgan fingerprint density at radius 3 is 1.65 bits per heavy atom. The molecule has 12 heteroatoms. The van der Waals surface area contributed by atoms with Gasteiger partial charge in [0, 0.05) is 18.6 Å². The molecular weight excluding hydrogens is 661 g/mol. The van der Waals surface area contributed by atoms with Gasteiger partial charge < -0.3 is 25.4 Å². The zero-order valence-electron chi connectivity index (χ0n) is 28.1. The van der Waals surface area contributed by atoms with Crippen LogP contribution in [0, 0.1) is 0 Å². The Labute approximate surface area is 294 Å². The Morgan fingerprint density at radius 2 is 1.16 bits per heavy atom. The maximum Gasteiger partial charge on any atom is 0.328 e. The van der Waals surface area contributed by atoms with Gasteiger partial charge in [-0.25, -0.2) is 4.79 Å². The predicted octanol–water partition coefficient (Wildman–Crippen LogP) is 3.07. The van der Waals surface area contributed by atoms with Crippen LogP contribution in [0.1, 0.15) is 46.0 Å². The SMILES string of the molecule is CCOC(=O)CNC(=O)[C@@H](CS)NC(=O)CC[C@@H](NC(=O)CCCC[P+](c1ccccc1)(c1ccccc1)c1ccccc1)C(=O)OCC. The van der Waals surface area contributed by atoms with E-state index in [9.17, 15) is 24.0 Å². The fourth-order valence-corrected chi connectivity index (χ4v) is 10.2. The number of thiol groups is 1. The van der Waals surface area contributed by atoms with Gasteiger partial charge in [-0.05, 0) is 69.5 Å². The number of esters is 2. The third kappa shape index (κ3) is 12.0. The van der Waals surface area contributed by atoms with Crippen LogP contribution in [0.5, 0.6) is 0 Å². The summed E-state index contributed by atoms with van der Waals surface area (Å²) >= 11 is 4.13. The second kappa shape index (κ2) is 21.0. The van der Waals surface area contributed by atoms with E-state index in [4.69, 9.17) is 9.47 Å². The molecule has 3 N–H and O–H groups in total. The molecule has 10 nitrogen and oxygen atoms in total. The van der Waals surface area contributed by atoms with E-state index in [1.165, 1.54) is 15.9 Å².